The van der Waals surface area contributed by atoms with E-state index in [1.807, 2.05) is 0 Å². The number of nitrogens with one attached hydrogen (secondary N) is 2. The monoisotopic (exact) mass is 796 g/mol. The van der Waals surface area contributed by atoms with E-state index in [-0.39, 0.29) is 17.5 Å². The zero-order valence-electron chi connectivity index (χ0n) is 32.9. The van der Waals surface area contributed by atoms with Gasteiger partial charge in [0.1, 0.15) is 0 Å². The fourth-order valence-electron chi connectivity index (χ4n) is 10.9. The van der Waals surface area contributed by atoms with Crippen LogP contribution in [-0.2, 0) is 18.5 Å². The molecule has 0 aromatic heterocycles. The van der Waals surface area contributed by atoms with Gasteiger partial charge in [0, 0.05) is 42.4 Å². The molecule has 0 heterocycles. The first-order valence-electron chi connectivity index (χ1n) is 20.9. The molecule has 286 valence electrons. The molecular formula is C55H46N2P2. The van der Waals surface area contributed by atoms with Gasteiger partial charge in [0.2, 0.25) is 0 Å². The van der Waals surface area contributed by atoms with Crippen molar-refractivity contribution in [1.29, 1.82) is 0 Å². The molecule has 8 aromatic rings. The summed E-state index contributed by atoms with van der Waals surface area (Å²) in [7, 11) is -1.47. The Morgan fingerprint density at radius 3 is 1.02 bits per heavy atom. The molecule has 2 nitrogen and oxygen atoms in total. The minimum absolute atomic E-state index is 0.0168. The molecule has 0 radical (unpaired) electrons. The summed E-state index contributed by atoms with van der Waals surface area (Å²) in [6.45, 7) is 1.61. The Morgan fingerprint density at radius 1 is 0.339 bits per heavy atom. The Balaban J connectivity index is 0.977. The van der Waals surface area contributed by atoms with Gasteiger partial charge in [-0.1, -0.05) is 218 Å². The van der Waals surface area contributed by atoms with Gasteiger partial charge in [-0.05, 0) is 81.1 Å². The Morgan fingerprint density at radius 2 is 0.644 bits per heavy atom. The number of hydrogen-bond acceptors (Lipinski definition) is 2. The second-order valence-corrected chi connectivity index (χ2v) is 20.5. The molecule has 0 saturated heterocycles. The standard InChI is InChI=1S/C55H46N2P2/c1-5-23-41(24-6-1)58(42-25-7-2-8-26-42)49-35-19-13-21-39(49)37-56-53-51-45-31-15-17-33-47(45)55(51)48-34-18-16-32-46(48)52(55)54(53)57-38-40-22-14-20-36-50(40)59(43-27-9-3-10-28-43)44-29-11-4-12-30-44/h1-36,51-54,56-57H,37-38H2/t51?,52?,53-,54-,55?/m1/s1. The van der Waals surface area contributed by atoms with E-state index in [0.717, 1.165) is 13.1 Å². The van der Waals surface area contributed by atoms with Gasteiger partial charge in [-0.15, -0.1) is 0 Å². The zero-order valence-corrected chi connectivity index (χ0v) is 34.7. The van der Waals surface area contributed by atoms with E-state index in [1.165, 1.54) is 65.2 Å². The van der Waals surface area contributed by atoms with Crippen molar-refractivity contribution in [2.75, 3.05) is 0 Å². The largest absolute Gasteiger partial charge is 0.308 e. The lowest BCUT2D eigenvalue weighted by molar-refractivity contribution is 0.294. The Hall–Kier alpha value is -5.46. The van der Waals surface area contributed by atoms with Gasteiger partial charge < -0.3 is 10.6 Å². The Kier molecular flexibility index (Phi) is 9.69. The first kappa shape index (κ1) is 36.6. The van der Waals surface area contributed by atoms with E-state index < -0.39 is 15.8 Å². The second-order valence-electron chi connectivity index (χ2n) is 16.1. The fourth-order valence-corrected chi connectivity index (χ4v) is 15.8. The number of benzene rings is 8. The summed E-state index contributed by atoms with van der Waals surface area (Å²) in [6.07, 6.45) is 0. The molecular weight excluding hydrogens is 751 g/mol. The minimum Gasteiger partial charge on any atom is -0.308 e. The maximum atomic E-state index is 4.33. The molecule has 4 atom stereocenters. The predicted molar refractivity (Wildman–Crippen MR) is 251 cm³/mol. The number of rotatable bonds is 12. The Labute approximate surface area is 350 Å². The summed E-state index contributed by atoms with van der Waals surface area (Å²) >= 11 is 0. The summed E-state index contributed by atoms with van der Waals surface area (Å²) in [6, 6.07) is 81.9. The van der Waals surface area contributed by atoms with Crippen LogP contribution in [0.5, 0.6) is 0 Å². The number of fused-ring (bicyclic) bond motifs is 4. The molecule has 59 heavy (non-hydrogen) atoms. The van der Waals surface area contributed by atoms with Crippen molar-refractivity contribution in [2.45, 2.75) is 42.4 Å². The summed E-state index contributed by atoms with van der Waals surface area (Å²) in [5.41, 5.74) is 8.85. The van der Waals surface area contributed by atoms with Crippen LogP contribution in [0.25, 0.3) is 0 Å². The lowest BCUT2D eigenvalue weighted by atomic mass is 9.43. The van der Waals surface area contributed by atoms with E-state index >= 15 is 0 Å². The van der Waals surface area contributed by atoms with Gasteiger partial charge in [-0.25, -0.2) is 0 Å². The van der Waals surface area contributed by atoms with Crippen molar-refractivity contribution in [3.05, 3.63) is 252 Å². The molecule has 3 aliphatic rings. The van der Waals surface area contributed by atoms with Crippen LogP contribution in [0.1, 0.15) is 45.2 Å². The lowest BCUT2D eigenvalue weighted by Crippen LogP contribution is -2.54. The van der Waals surface area contributed by atoms with Crippen molar-refractivity contribution in [2.24, 2.45) is 0 Å². The third-order valence-corrected chi connectivity index (χ3v) is 18.2. The topological polar surface area (TPSA) is 24.1 Å². The third-order valence-electron chi connectivity index (χ3n) is 13.1. The normalized spacial score (nSPS) is 20.8. The van der Waals surface area contributed by atoms with E-state index in [4.69, 9.17) is 0 Å². The van der Waals surface area contributed by atoms with Crippen molar-refractivity contribution in [1.82, 2.24) is 10.6 Å². The average molecular weight is 797 g/mol. The smallest absolute Gasteiger partial charge is 0.0376 e. The maximum Gasteiger partial charge on any atom is 0.0376 e. The van der Waals surface area contributed by atoms with Crippen molar-refractivity contribution >= 4 is 47.7 Å². The molecule has 1 saturated carbocycles. The van der Waals surface area contributed by atoms with Crippen LogP contribution >= 0.6 is 15.8 Å². The predicted octanol–water partition coefficient (Wildman–Crippen LogP) is 9.01. The highest BCUT2D eigenvalue weighted by molar-refractivity contribution is 7.80. The molecule has 3 aliphatic carbocycles. The summed E-state index contributed by atoms with van der Waals surface area (Å²) in [4.78, 5) is 0. The molecule has 0 amide bonds. The maximum absolute atomic E-state index is 4.33. The van der Waals surface area contributed by atoms with Crippen molar-refractivity contribution in [3.63, 3.8) is 0 Å². The minimum atomic E-state index is -0.734. The third kappa shape index (κ3) is 6.08. The average Bonchev–Trinajstić information content (AvgIpc) is 3.50. The number of hydrogen-bond donors (Lipinski definition) is 2. The highest BCUT2D eigenvalue weighted by atomic mass is 31.1. The first-order chi connectivity index (χ1) is 29.3. The molecule has 0 bridgehead atoms. The summed E-state index contributed by atoms with van der Waals surface area (Å²) in [5.74, 6) is 0.767. The van der Waals surface area contributed by atoms with Crippen LogP contribution in [0, 0.1) is 0 Å². The van der Waals surface area contributed by atoms with Gasteiger partial charge in [-0.2, -0.15) is 0 Å². The molecule has 0 aliphatic heterocycles. The zero-order chi connectivity index (χ0) is 39.2. The molecule has 4 heteroatoms. The fraction of sp³-hybridized carbons (Fsp3) is 0.127. The molecule has 2 unspecified atom stereocenters. The summed E-state index contributed by atoms with van der Waals surface area (Å²) in [5, 5.41) is 17.0. The second kappa shape index (κ2) is 15.6. The highest BCUT2D eigenvalue weighted by Crippen LogP contribution is 2.75. The van der Waals surface area contributed by atoms with Crippen LogP contribution < -0.4 is 42.5 Å². The van der Waals surface area contributed by atoms with Crippen LogP contribution in [0.4, 0.5) is 0 Å². The van der Waals surface area contributed by atoms with Crippen LogP contribution in [0.15, 0.2) is 218 Å². The van der Waals surface area contributed by atoms with Gasteiger partial charge in [0.15, 0.2) is 0 Å². The van der Waals surface area contributed by atoms with E-state index in [0.29, 0.717) is 11.8 Å². The van der Waals surface area contributed by atoms with Crippen molar-refractivity contribution < 1.29 is 0 Å². The van der Waals surface area contributed by atoms with Gasteiger partial charge in [0.05, 0.1) is 0 Å². The molecule has 2 N–H and O–H groups in total. The molecule has 1 fully saturated rings. The first-order valence-corrected chi connectivity index (χ1v) is 23.6. The van der Waals surface area contributed by atoms with Gasteiger partial charge in [0.25, 0.3) is 0 Å². The van der Waals surface area contributed by atoms with Crippen LogP contribution in [-0.4, -0.2) is 12.1 Å². The SMILES string of the molecule is c1ccc(P(c2ccccc2)c2ccccc2CN[C@@H]2C3c4ccccc4C34c3ccccc3C4[C@H]2NCc2ccccc2P(c2ccccc2)c2ccccc2)cc1. The van der Waals surface area contributed by atoms with Gasteiger partial charge in [-0.3, -0.25) is 0 Å². The summed E-state index contributed by atoms with van der Waals surface area (Å²) < 4.78 is 0. The Bertz CT molecular complexity index is 2450. The molecule has 8 aromatic carbocycles. The van der Waals surface area contributed by atoms with E-state index in [9.17, 15) is 0 Å². The van der Waals surface area contributed by atoms with E-state index in [2.05, 4.69) is 229 Å². The molecule has 1 spiro atoms. The van der Waals surface area contributed by atoms with Crippen LogP contribution in [0.3, 0.4) is 0 Å². The highest BCUT2D eigenvalue weighted by Gasteiger charge is 2.73. The lowest BCUT2D eigenvalue weighted by Gasteiger charge is -2.59. The van der Waals surface area contributed by atoms with Gasteiger partial charge >= 0.3 is 0 Å². The molecule has 11 rings (SSSR count). The quantitative estimate of drug-likeness (QED) is 0.121. The van der Waals surface area contributed by atoms with Crippen LogP contribution in [0.2, 0.25) is 0 Å². The van der Waals surface area contributed by atoms with Crippen molar-refractivity contribution in [3.8, 4) is 0 Å². The van der Waals surface area contributed by atoms with E-state index in [1.54, 1.807) is 0 Å².